The van der Waals surface area contributed by atoms with Gasteiger partial charge in [0.25, 0.3) is 0 Å². The van der Waals surface area contributed by atoms with Crippen molar-refractivity contribution in [1.29, 1.82) is 0 Å². The molecule has 0 saturated heterocycles. The van der Waals surface area contributed by atoms with Crippen molar-refractivity contribution in [2.75, 3.05) is 0 Å². The normalized spacial score (nSPS) is 10.3. The highest BCUT2D eigenvalue weighted by Crippen LogP contribution is 2.30. The van der Waals surface area contributed by atoms with E-state index >= 15 is 0 Å². The standard InChI is InChI=1S/C10H7BrN2O2S/c11-6-1-2-7(9(14)15)8(5-6)16-10-12-3-4-13-10/h1-5H,(H,12,13)(H,14,15). The number of hydrogen-bond donors (Lipinski definition) is 2. The number of aromatic amines is 1. The Morgan fingerprint density at radius 2 is 2.31 bits per heavy atom. The third-order valence-electron chi connectivity index (χ3n) is 1.85. The molecule has 16 heavy (non-hydrogen) atoms. The summed E-state index contributed by atoms with van der Waals surface area (Å²) >= 11 is 4.60. The van der Waals surface area contributed by atoms with E-state index in [1.807, 2.05) is 0 Å². The number of halogens is 1. The Kier molecular flexibility index (Phi) is 3.31. The Labute approximate surface area is 104 Å². The van der Waals surface area contributed by atoms with Crippen LogP contribution >= 0.6 is 27.7 Å². The molecular weight excluding hydrogens is 292 g/mol. The zero-order valence-corrected chi connectivity index (χ0v) is 10.4. The Balaban J connectivity index is 2.38. The van der Waals surface area contributed by atoms with Gasteiger partial charge in [-0.1, -0.05) is 27.7 Å². The monoisotopic (exact) mass is 298 g/mol. The number of H-pyrrole nitrogens is 1. The molecule has 2 rings (SSSR count). The molecule has 1 aromatic carbocycles. The van der Waals surface area contributed by atoms with Crippen molar-refractivity contribution in [2.45, 2.75) is 10.1 Å². The highest BCUT2D eigenvalue weighted by Gasteiger charge is 2.12. The van der Waals surface area contributed by atoms with Gasteiger partial charge in [0.1, 0.15) is 0 Å². The Bertz CT molecular complexity index is 514. The number of rotatable bonds is 3. The number of aromatic carboxylic acids is 1. The predicted molar refractivity (Wildman–Crippen MR) is 63.8 cm³/mol. The summed E-state index contributed by atoms with van der Waals surface area (Å²) < 4.78 is 0.839. The zero-order chi connectivity index (χ0) is 11.5. The average molecular weight is 299 g/mol. The number of nitrogens with zero attached hydrogens (tertiary/aromatic N) is 1. The summed E-state index contributed by atoms with van der Waals surface area (Å²) in [6, 6.07) is 5.03. The van der Waals surface area contributed by atoms with Crippen molar-refractivity contribution < 1.29 is 9.90 Å². The largest absolute Gasteiger partial charge is 0.478 e. The van der Waals surface area contributed by atoms with Gasteiger partial charge in [-0.2, -0.15) is 0 Å². The predicted octanol–water partition coefficient (Wildman–Crippen LogP) is 3.02. The van der Waals surface area contributed by atoms with Crippen LogP contribution in [0.3, 0.4) is 0 Å². The van der Waals surface area contributed by atoms with Crippen molar-refractivity contribution in [3.8, 4) is 0 Å². The maximum atomic E-state index is 11.0. The van der Waals surface area contributed by atoms with E-state index in [4.69, 9.17) is 5.11 Å². The number of nitrogens with one attached hydrogen (secondary N) is 1. The number of imidazole rings is 1. The molecule has 0 atom stereocenters. The van der Waals surface area contributed by atoms with Crippen LogP contribution in [0.4, 0.5) is 0 Å². The fourth-order valence-electron chi connectivity index (χ4n) is 1.17. The Morgan fingerprint density at radius 1 is 1.50 bits per heavy atom. The van der Waals surface area contributed by atoms with Gasteiger partial charge in [0, 0.05) is 21.8 Å². The van der Waals surface area contributed by atoms with Crippen LogP contribution < -0.4 is 0 Å². The van der Waals surface area contributed by atoms with E-state index in [9.17, 15) is 4.79 Å². The number of carboxylic acid groups (broad SMARTS) is 1. The van der Waals surface area contributed by atoms with E-state index in [1.165, 1.54) is 11.8 Å². The van der Waals surface area contributed by atoms with Crippen molar-refractivity contribution in [1.82, 2.24) is 9.97 Å². The van der Waals surface area contributed by atoms with Crippen LogP contribution in [0.2, 0.25) is 0 Å². The smallest absolute Gasteiger partial charge is 0.336 e. The molecular formula is C10H7BrN2O2S. The molecule has 1 aromatic heterocycles. The molecule has 0 aliphatic carbocycles. The third-order valence-corrected chi connectivity index (χ3v) is 3.32. The van der Waals surface area contributed by atoms with Gasteiger partial charge in [0.15, 0.2) is 5.16 Å². The quantitative estimate of drug-likeness (QED) is 0.914. The first-order chi connectivity index (χ1) is 7.66. The second-order valence-corrected chi connectivity index (χ2v) is 4.89. The summed E-state index contributed by atoms with van der Waals surface area (Å²) in [4.78, 5) is 18.6. The first-order valence-electron chi connectivity index (χ1n) is 4.37. The van der Waals surface area contributed by atoms with E-state index in [-0.39, 0.29) is 5.56 Å². The Hall–Kier alpha value is -1.27. The van der Waals surface area contributed by atoms with Crippen molar-refractivity contribution in [2.24, 2.45) is 0 Å². The molecule has 82 valence electrons. The van der Waals surface area contributed by atoms with Gasteiger partial charge in [0.2, 0.25) is 0 Å². The van der Waals surface area contributed by atoms with Gasteiger partial charge >= 0.3 is 5.97 Å². The lowest BCUT2D eigenvalue weighted by molar-refractivity contribution is 0.0693. The van der Waals surface area contributed by atoms with Crippen LogP contribution in [0.1, 0.15) is 10.4 Å². The molecule has 0 unspecified atom stereocenters. The lowest BCUT2D eigenvalue weighted by Gasteiger charge is -2.04. The molecule has 0 fully saturated rings. The number of carbonyl (C=O) groups is 1. The maximum Gasteiger partial charge on any atom is 0.336 e. The fourth-order valence-corrected chi connectivity index (χ4v) is 2.58. The molecule has 6 heteroatoms. The van der Waals surface area contributed by atoms with Gasteiger partial charge in [-0.25, -0.2) is 9.78 Å². The SMILES string of the molecule is O=C(O)c1ccc(Br)cc1Sc1ncc[nH]1. The molecule has 4 nitrogen and oxygen atoms in total. The highest BCUT2D eigenvalue weighted by atomic mass is 79.9. The van der Waals surface area contributed by atoms with Crippen molar-refractivity contribution in [3.63, 3.8) is 0 Å². The molecule has 0 amide bonds. The van der Waals surface area contributed by atoms with E-state index in [0.717, 1.165) is 4.47 Å². The van der Waals surface area contributed by atoms with Gasteiger partial charge in [-0.05, 0) is 18.2 Å². The molecule has 2 aromatic rings. The van der Waals surface area contributed by atoms with E-state index < -0.39 is 5.97 Å². The summed E-state index contributed by atoms with van der Waals surface area (Å²) in [5, 5.41) is 9.69. The molecule has 0 radical (unpaired) electrons. The number of hydrogen-bond acceptors (Lipinski definition) is 3. The minimum absolute atomic E-state index is 0.268. The van der Waals surface area contributed by atoms with E-state index in [2.05, 4.69) is 25.9 Å². The summed E-state index contributed by atoms with van der Waals surface area (Å²) in [6.07, 6.45) is 3.32. The van der Waals surface area contributed by atoms with Gasteiger partial charge < -0.3 is 10.1 Å². The van der Waals surface area contributed by atoms with Crippen LogP contribution in [-0.4, -0.2) is 21.0 Å². The molecule has 0 aliphatic heterocycles. The van der Waals surface area contributed by atoms with Crippen molar-refractivity contribution >= 4 is 33.7 Å². The van der Waals surface area contributed by atoms with Gasteiger partial charge in [-0.15, -0.1) is 0 Å². The molecule has 2 N–H and O–H groups in total. The van der Waals surface area contributed by atoms with Gasteiger partial charge in [0.05, 0.1) is 5.56 Å². The molecule has 0 saturated carbocycles. The number of aromatic nitrogens is 2. The second kappa shape index (κ2) is 4.71. The van der Waals surface area contributed by atoms with E-state index in [1.54, 1.807) is 30.6 Å². The molecule has 1 heterocycles. The highest BCUT2D eigenvalue weighted by molar-refractivity contribution is 9.10. The molecule has 0 aliphatic rings. The number of carboxylic acids is 1. The lowest BCUT2D eigenvalue weighted by atomic mass is 10.2. The first-order valence-corrected chi connectivity index (χ1v) is 5.98. The van der Waals surface area contributed by atoms with Gasteiger partial charge in [-0.3, -0.25) is 0 Å². The van der Waals surface area contributed by atoms with Crippen molar-refractivity contribution in [3.05, 3.63) is 40.6 Å². The fraction of sp³-hybridized carbons (Fsp3) is 0. The average Bonchev–Trinajstić information content (AvgIpc) is 2.70. The third kappa shape index (κ3) is 2.45. The summed E-state index contributed by atoms with van der Waals surface area (Å²) in [6.45, 7) is 0. The zero-order valence-electron chi connectivity index (χ0n) is 7.98. The van der Waals surface area contributed by atoms with Crippen LogP contribution in [0, 0.1) is 0 Å². The summed E-state index contributed by atoms with van der Waals surface area (Å²) in [7, 11) is 0. The first kappa shape index (κ1) is 11.2. The van der Waals surface area contributed by atoms with Crippen LogP contribution in [0.25, 0.3) is 0 Å². The topological polar surface area (TPSA) is 66.0 Å². The van der Waals surface area contributed by atoms with Crippen LogP contribution in [-0.2, 0) is 0 Å². The second-order valence-electron chi connectivity index (χ2n) is 2.94. The molecule has 0 spiro atoms. The lowest BCUT2D eigenvalue weighted by Crippen LogP contribution is -1.98. The van der Waals surface area contributed by atoms with Crippen LogP contribution in [0.5, 0.6) is 0 Å². The number of benzene rings is 1. The Morgan fingerprint density at radius 3 is 2.94 bits per heavy atom. The maximum absolute atomic E-state index is 11.0. The molecule has 0 bridgehead atoms. The minimum Gasteiger partial charge on any atom is -0.478 e. The summed E-state index contributed by atoms with van der Waals surface area (Å²) in [5.74, 6) is -0.943. The minimum atomic E-state index is -0.943. The van der Waals surface area contributed by atoms with E-state index in [0.29, 0.717) is 10.1 Å². The van der Waals surface area contributed by atoms with Crippen LogP contribution in [0.15, 0.2) is 45.1 Å². The summed E-state index contributed by atoms with van der Waals surface area (Å²) in [5.41, 5.74) is 0.268.